The maximum absolute atomic E-state index is 12.5. The average molecular weight is 343 g/mol. The normalized spacial score (nSPS) is 12.0. The monoisotopic (exact) mass is 343 g/mol. The third-order valence-corrected chi connectivity index (χ3v) is 4.39. The van der Waals surface area contributed by atoms with Crippen LogP contribution in [0.1, 0.15) is 35.4 Å². The van der Waals surface area contributed by atoms with Crippen LogP contribution in [-0.4, -0.2) is 32.8 Å². The van der Waals surface area contributed by atoms with Gasteiger partial charge in [-0.05, 0) is 32.3 Å². The van der Waals surface area contributed by atoms with E-state index in [-0.39, 0.29) is 24.8 Å². The van der Waals surface area contributed by atoms with Gasteiger partial charge in [0.15, 0.2) is 0 Å². The quantitative estimate of drug-likeness (QED) is 0.769. The van der Waals surface area contributed by atoms with Gasteiger partial charge in [0.25, 0.3) is 0 Å². The third kappa shape index (κ3) is 5.45. The highest BCUT2D eigenvalue weighted by molar-refractivity contribution is 5.79. The number of carboxylic acid groups (broad SMARTS) is 1. The molecule has 0 radical (unpaired) electrons. The Morgan fingerprint density at radius 3 is 2.48 bits per heavy atom. The largest absolute Gasteiger partial charge is 0.481 e. The molecule has 134 valence electrons. The number of carbonyl (C=O) groups excluding carboxylic acids is 1. The van der Waals surface area contributed by atoms with E-state index in [0.717, 1.165) is 22.5 Å². The number of carboxylic acids is 1. The van der Waals surface area contributed by atoms with E-state index in [0.29, 0.717) is 12.8 Å². The molecule has 1 amide bonds. The summed E-state index contributed by atoms with van der Waals surface area (Å²) in [5.74, 6) is -0.961. The fourth-order valence-corrected chi connectivity index (χ4v) is 2.93. The molecule has 1 unspecified atom stereocenters. The van der Waals surface area contributed by atoms with Gasteiger partial charge in [-0.15, -0.1) is 0 Å². The number of amides is 1. The second-order valence-corrected chi connectivity index (χ2v) is 6.34. The van der Waals surface area contributed by atoms with Crippen LogP contribution in [0.15, 0.2) is 30.3 Å². The van der Waals surface area contributed by atoms with Crippen molar-refractivity contribution in [3.05, 3.63) is 52.8 Å². The van der Waals surface area contributed by atoms with Crippen molar-refractivity contribution >= 4 is 11.9 Å². The predicted octanol–water partition coefficient (Wildman–Crippen LogP) is 2.17. The molecule has 1 aromatic heterocycles. The molecule has 6 nitrogen and oxygen atoms in total. The van der Waals surface area contributed by atoms with Crippen molar-refractivity contribution in [1.82, 2.24) is 15.1 Å². The van der Waals surface area contributed by atoms with Gasteiger partial charge in [0.1, 0.15) is 0 Å². The lowest BCUT2D eigenvalue weighted by molar-refractivity contribution is -0.137. The van der Waals surface area contributed by atoms with Crippen molar-refractivity contribution < 1.29 is 14.7 Å². The zero-order chi connectivity index (χ0) is 18.4. The van der Waals surface area contributed by atoms with Crippen LogP contribution in [0.5, 0.6) is 0 Å². The van der Waals surface area contributed by atoms with Gasteiger partial charge in [-0.2, -0.15) is 5.10 Å². The Bertz CT molecular complexity index is 738. The molecule has 0 fully saturated rings. The fraction of sp³-hybridized carbons (Fsp3) is 0.421. The summed E-state index contributed by atoms with van der Waals surface area (Å²) < 4.78 is 1.77. The molecule has 6 heteroatoms. The Labute approximate surface area is 147 Å². The van der Waals surface area contributed by atoms with Crippen LogP contribution in [0.2, 0.25) is 0 Å². The van der Waals surface area contributed by atoms with Crippen molar-refractivity contribution in [2.45, 2.75) is 45.6 Å². The lowest BCUT2D eigenvalue weighted by atomic mass is 10.0. The van der Waals surface area contributed by atoms with E-state index in [1.165, 1.54) is 0 Å². The van der Waals surface area contributed by atoms with E-state index >= 15 is 0 Å². The Balaban J connectivity index is 2.04. The number of rotatable bonds is 8. The van der Waals surface area contributed by atoms with Crippen molar-refractivity contribution in [3.8, 4) is 0 Å². The highest BCUT2D eigenvalue weighted by atomic mass is 16.4. The van der Waals surface area contributed by atoms with E-state index in [1.807, 2.05) is 51.2 Å². The maximum Gasteiger partial charge on any atom is 0.303 e. The minimum absolute atomic E-state index is 0.0305. The lowest BCUT2D eigenvalue weighted by Gasteiger charge is -2.18. The van der Waals surface area contributed by atoms with Gasteiger partial charge in [-0.1, -0.05) is 30.3 Å². The smallest absolute Gasteiger partial charge is 0.303 e. The van der Waals surface area contributed by atoms with Crippen LogP contribution in [0, 0.1) is 13.8 Å². The van der Waals surface area contributed by atoms with E-state index in [2.05, 4.69) is 10.4 Å². The average Bonchev–Trinajstić information content (AvgIpc) is 2.80. The molecule has 1 atom stereocenters. The molecule has 0 aliphatic rings. The van der Waals surface area contributed by atoms with Crippen molar-refractivity contribution in [1.29, 1.82) is 0 Å². The lowest BCUT2D eigenvalue weighted by Crippen LogP contribution is -2.38. The zero-order valence-electron chi connectivity index (χ0n) is 15.0. The SMILES string of the molecule is Cc1nn(C)c(C)c1CC(=O)NC(CCC(=O)O)Cc1ccccc1. The van der Waals surface area contributed by atoms with Crippen LogP contribution in [-0.2, 0) is 29.5 Å². The molecule has 0 aliphatic heterocycles. The molecular formula is C19H25N3O3. The molecule has 0 spiro atoms. The first-order valence-electron chi connectivity index (χ1n) is 8.41. The Morgan fingerprint density at radius 2 is 1.92 bits per heavy atom. The van der Waals surface area contributed by atoms with E-state index in [9.17, 15) is 9.59 Å². The topological polar surface area (TPSA) is 84.2 Å². The summed E-state index contributed by atoms with van der Waals surface area (Å²) in [4.78, 5) is 23.4. The van der Waals surface area contributed by atoms with Crippen LogP contribution in [0.25, 0.3) is 0 Å². The molecule has 0 bridgehead atoms. The van der Waals surface area contributed by atoms with E-state index in [4.69, 9.17) is 5.11 Å². The summed E-state index contributed by atoms with van der Waals surface area (Å²) in [6.45, 7) is 3.83. The first-order chi connectivity index (χ1) is 11.9. The second kappa shape index (κ2) is 8.46. The van der Waals surface area contributed by atoms with E-state index < -0.39 is 5.97 Å². The standard InChI is InChI=1S/C19H25N3O3/c1-13-17(14(2)22(3)21-13)12-18(23)20-16(9-10-19(24)25)11-15-7-5-4-6-8-15/h4-8,16H,9-12H2,1-3H3,(H,20,23)(H,24,25). The zero-order valence-corrected chi connectivity index (χ0v) is 15.0. The van der Waals surface area contributed by atoms with Gasteiger partial charge in [0.2, 0.25) is 5.91 Å². The van der Waals surface area contributed by atoms with Crippen LogP contribution in [0.3, 0.4) is 0 Å². The Kier molecular flexibility index (Phi) is 6.33. The number of hydrogen-bond donors (Lipinski definition) is 2. The van der Waals surface area contributed by atoms with Gasteiger partial charge >= 0.3 is 5.97 Å². The number of hydrogen-bond acceptors (Lipinski definition) is 3. The van der Waals surface area contributed by atoms with Crippen molar-refractivity contribution in [2.24, 2.45) is 7.05 Å². The number of carbonyl (C=O) groups is 2. The highest BCUT2D eigenvalue weighted by Gasteiger charge is 2.18. The first kappa shape index (κ1) is 18.7. The Hall–Kier alpha value is -2.63. The van der Waals surface area contributed by atoms with Crippen molar-refractivity contribution in [2.75, 3.05) is 0 Å². The molecule has 0 saturated carbocycles. The molecule has 1 heterocycles. The number of aliphatic carboxylic acids is 1. The second-order valence-electron chi connectivity index (χ2n) is 6.34. The first-order valence-corrected chi connectivity index (χ1v) is 8.41. The molecule has 2 rings (SSSR count). The van der Waals surface area contributed by atoms with Crippen LogP contribution in [0.4, 0.5) is 0 Å². The van der Waals surface area contributed by atoms with Gasteiger partial charge in [-0.3, -0.25) is 14.3 Å². The van der Waals surface area contributed by atoms with Gasteiger partial charge in [0, 0.05) is 30.8 Å². The van der Waals surface area contributed by atoms with Gasteiger partial charge < -0.3 is 10.4 Å². The summed E-state index contributed by atoms with van der Waals surface area (Å²) in [6, 6.07) is 9.57. The fourth-order valence-electron chi connectivity index (χ4n) is 2.93. The van der Waals surface area contributed by atoms with Crippen LogP contribution < -0.4 is 5.32 Å². The molecule has 2 N–H and O–H groups in total. The van der Waals surface area contributed by atoms with E-state index in [1.54, 1.807) is 4.68 Å². The summed E-state index contributed by atoms with van der Waals surface area (Å²) in [6.07, 6.45) is 1.30. The van der Waals surface area contributed by atoms with Gasteiger partial charge in [0.05, 0.1) is 12.1 Å². The summed E-state index contributed by atoms with van der Waals surface area (Å²) >= 11 is 0. The van der Waals surface area contributed by atoms with Gasteiger partial charge in [-0.25, -0.2) is 0 Å². The number of benzene rings is 1. The molecule has 2 aromatic rings. The number of nitrogens with zero attached hydrogens (tertiary/aromatic N) is 2. The third-order valence-electron chi connectivity index (χ3n) is 4.39. The molecule has 25 heavy (non-hydrogen) atoms. The number of nitrogens with one attached hydrogen (secondary N) is 1. The number of aryl methyl sites for hydroxylation is 2. The molecular weight excluding hydrogens is 318 g/mol. The predicted molar refractivity (Wildman–Crippen MR) is 95.3 cm³/mol. The van der Waals surface area contributed by atoms with Crippen LogP contribution >= 0.6 is 0 Å². The molecule has 0 saturated heterocycles. The number of aromatic nitrogens is 2. The maximum atomic E-state index is 12.5. The minimum atomic E-state index is -0.855. The molecule has 1 aromatic carbocycles. The highest BCUT2D eigenvalue weighted by Crippen LogP contribution is 2.13. The Morgan fingerprint density at radius 1 is 1.24 bits per heavy atom. The van der Waals surface area contributed by atoms with Crippen molar-refractivity contribution in [3.63, 3.8) is 0 Å². The summed E-state index contributed by atoms with van der Waals surface area (Å²) in [7, 11) is 1.86. The molecule has 0 aliphatic carbocycles. The summed E-state index contributed by atoms with van der Waals surface area (Å²) in [5, 5.41) is 16.3. The summed E-state index contributed by atoms with van der Waals surface area (Å²) in [5.41, 5.74) is 3.82. The minimum Gasteiger partial charge on any atom is -0.481 e.